The summed E-state index contributed by atoms with van der Waals surface area (Å²) in [6, 6.07) is 13.9. The van der Waals surface area contributed by atoms with Crippen molar-refractivity contribution < 1.29 is 14.4 Å². The normalized spacial score (nSPS) is 13.7. The number of benzene rings is 2. The molecule has 1 saturated heterocycles. The Morgan fingerprint density at radius 2 is 1.75 bits per heavy atom. The quantitative estimate of drug-likeness (QED) is 0.807. The summed E-state index contributed by atoms with van der Waals surface area (Å²) in [5, 5.41) is 5.68. The number of carbonyl (C=O) groups excluding carboxylic acids is 3. The molecule has 0 spiro atoms. The molecular weight excluding hydrogens is 354 g/mol. The highest BCUT2D eigenvalue weighted by Crippen LogP contribution is 2.22. The number of rotatable bonds is 6. The van der Waals surface area contributed by atoms with E-state index in [-0.39, 0.29) is 17.7 Å². The summed E-state index contributed by atoms with van der Waals surface area (Å²) in [4.78, 5) is 38.6. The number of hydrogen-bond donors (Lipinski definition) is 2. The Morgan fingerprint density at radius 1 is 1.04 bits per heavy atom. The first-order chi connectivity index (χ1) is 13.5. The summed E-state index contributed by atoms with van der Waals surface area (Å²) in [6.07, 6.45) is 1.43. The number of para-hydroxylation sites is 1. The molecule has 1 aliphatic heterocycles. The van der Waals surface area contributed by atoms with Crippen LogP contribution in [0.2, 0.25) is 0 Å². The molecule has 28 heavy (non-hydrogen) atoms. The molecule has 1 heterocycles. The molecule has 2 aromatic carbocycles. The number of amides is 3. The van der Waals surface area contributed by atoms with Crippen LogP contribution in [0, 0.1) is 5.92 Å². The van der Waals surface area contributed by atoms with Crippen LogP contribution in [0.5, 0.6) is 0 Å². The van der Waals surface area contributed by atoms with Crippen molar-refractivity contribution in [2.24, 2.45) is 5.92 Å². The Kier molecular flexibility index (Phi) is 6.09. The molecule has 1 aliphatic rings. The SMILES string of the molecule is CC(C)CNC(=O)c1ccccc1NC(=O)c1ccc(N2CCCC2=O)cc1. The highest BCUT2D eigenvalue weighted by atomic mass is 16.2. The second-order valence-corrected chi connectivity index (χ2v) is 7.30. The van der Waals surface area contributed by atoms with E-state index in [0.29, 0.717) is 42.2 Å². The van der Waals surface area contributed by atoms with Crippen LogP contribution in [0.4, 0.5) is 11.4 Å². The number of nitrogens with one attached hydrogen (secondary N) is 2. The van der Waals surface area contributed by atoms with Crippen LogP contribution >= 0.6 is 0 Å². The van der Waals surface area contributed by atoms with Crippen LogP contribution in [0.15, 0.2) is 48.5 Å². The van der Waals surface area contributed by atoms with Crippen molar-refractivity contribution in [1.82, 2.24) is 5.32 Å². The van der Waals surface area contributed by atoms with Crippen molar-refractivity contribution in [3.8, 4) is 0 Å². The molecule has 0 aromatic heterocycles. The van der Waals surface area contributed by atoms with Gasteiger partial charge >= 0.3 is 0 Å². The van der Waals surface area contributed by atoms with Gasteiger partial charge in [0, 0.05) is 30.8 Å². The first kappa shape index (κ1) is 19.6. The Hall–Kier alpha value is -3.15. The van der Waals surface area contributed by atoms with Crippen molar-refractivity contribution in [1.29, 1.82) is 0 Å². The molecule has 3 rings (SSSR count). The molecule has 1 fully saturated rings. The van der Waals surface area contributed by atoms with Gasteiger partial charge in [-0.1, -0.05) is 26.0 Å². The van der Waals surface area contributed by atoms with E-state index in [1.54, 1.807) is 53.4 Å². The molecule has 0 aliphatic carbocycles. The minimum atomic E-state index is -0.302. The average Bonchev–Trinajstić information content (AvgIpc) is 3.12. The Morgan fingerprint density at radius 3 is 2.39 bits per heavy atom. The fourth-order valence-corrected chi connectivity index (χ4v) is 3.09. The lowest BCUT2D eigenvalue weighted by Gasteiger charge is -2.16. The smallest absolute Gasteiger partial charge is 0.255 e. The molecule has 146 valence electrons. The summed E-state index contributed by atoms with van der Waals surface area (Å²) in [5.74, 6) is -0.0684. The van der Waals surface area contributed by atoms with Crippen molar-refractivity contribution >= 4 is 29.1 Å². The van der Waals surface area contributed by atoms with Gasteiger partial charge in [0.15, 0.2) is 0 Å². The number of carbonyl (C=O) groups is 3. The summed E-state index contributed by atoms with van der Waals surface area (Å²) in [7, 11) is 0. The van der Waals surface area contributed by atoms with Gasteiger partial charge in [-0.05, 0) is 48.7 Å². The number of nitrogens with zero attached hydrogens (tertiary/aromatic N) is 1. The zero-order valence-electron chi connectivity index (χ0n) is 16.2. The van der Waals surface area contributed by atoms with E-state index in [9.17, 15) is 14.4 Å². The molecular formula is C22H25N3O3. The highest BCUT2D eigenvalue weighted by Gasteiger charge is 2.22. The Labute approximate surface area is 164 Å². The molecule has 3 amide bonds. The van der Waals surface area contributed by atoms with Crippen molar-refractivity contribution in [3.05, 3.63) is 59.7 Å². The molecule has 2 N–H and O–H groups in total. The van der Waals surface area contributed by atoms with Gasteiger partial charge in [0.05, 0.1) is 11.3 Å². The summed E-state index contributed by atoms with van der Waals surface area (Å²) in [6.45, 7) is 5.32. The van der Waals surface area contributed by atoms with Crippen LogP contribution < -0.4 is 15.5 Å². The van der Waals surface area contributed by atoms with Gasteiger partial charge in [0.2, 0.25) is 5.91 Å². The molecule has 0 atom stereocenters. The molecule has 0 bridgehead atoms. The van der Waals surface area contributed by atoms with E-state index in [2.05, 4.69) is 10.6 Å². The van der Waals surface area contributed by atoms with Gasteiger partial charge in [-0.3, -0.25) is 14.4 Å². The third-order valence-corrected chi connectivity index (χ3v) is 4.61. The van der Waals surface area contributed by atoms with Gasteiger partial charge in [-0.15, -0.1) is 0 Å². The van der Waals surface area contributed by atoms with Gasteiger partial charge < -0.3 is 15.5 Å². The molecule has 0 radical (unpaired) electrons. The van der Waals surface area contributed by atoms with Crippen molar-refractivity contribution in [2.45, 2.75) is 26.7 Å². The predicted octanol–water partition coefficient (Wildman–Crippen LogP) is 3.45. The minimum Gasteiger partial charge on any atom is -0.352 e. The molecule has 0 saturated carbocycles. The van der Waals surface area contributed by atoms with E-state index in [0.717, 1.165) is 12.1 Å². The number of anilines is 2. The summed E-state index contributed by atoms with van der Waals surface area (Å²) in [5.41, 5.74) is 2.16. The van der Waals surface area contributed by atoms with Crippen LogP contribution in [0.1, 0.15) is 47.4 Å². The molecule has 6 heteroatoms. The monoisotopic (exact) mass is 379 g/mol. The lowest BCUT2D eigenvalue weighted by Crippen LogP contribution is -2.28. The van der Waals surface area contributed by atoms with Crippen molar-refractivity contribution in [3.63, 3.8) is 0 Å². The molecule has 6 nitrogen and oxygen atoms in total. The third-order valence-electron chi connectivity index (χ3n) is 4.61. The largest absolute Gasteiger partial charge is 0.352 e. The van der Waals surface area contributed by atoms with E-state index in [1.165, 1.54) is 0 Å². The van der Waals surface area contributed by atoms with Gasteiger partial charge in [-0.25, -0.2) is 0 Å². The molecule has 0 unspecified atom stereocenters. The van der Waals surface area contributed by atoms with Gasteiger partial charge in [0.1, 0.15) is 0 Å². The second-order valence-electron chi connectivity index (χ2n) is 7.30. The third kappa shape index (κ3) is 4.57. The predicted molar refractivity (Wildman–Crippen MR) is 110 cm³/mol. The first-order valence-electron chi connectivity index (χ1n) is 9.54. The lowest BCUT2D eigenvalue weighted by atomic mass is 10.1. The van der Waals surface area contributed by atoms with E-state index < -0.39 is 0 Å². The maximum atomic E-state index is 12.6. The van der Waals surface area contributed by atoms with E-state index >= 15 is 0 Å². The fourth-order valence-electron chi connectivity index (χ4n) is 3.09. The first-order valence-corrected chi connectivity index (χ1v) is 9.54. The van der Waals surface area contributed by atoms with Crippen LogP contribution in [0.3, 0.4) is 0 Å². The highest BCUT2D eigenvalue weighted by molar-refractivity contribution is 6.09. The topological polar surface area (TPSA) is 78.5 Å². The Bertz CT molecular complexity index is 875. The van der Waals surface area contributed by atoms with Crippen LogP contribution in [0.25, 0.3) is 0 Å². The summed E-state index contributed by atoms with van der Waals surface area (Å²) < 4.78 is 0. The van der Waals surface area contributed by atoms with Crippen LogP contribution in [-0.2, 0) is 4.79 Å². The Balaban J connectivity index is 1.71. The maximum Gasteiger partial charge on any atom is 0.255 e. The van der Waals surface area contributed by atoms with E-state index in [1.807, 2.05) is 13.8 Å². The minimum absolute atomic E-state index is 0.110. The van der Waals surface area contributed by atoms with Gasteiger partial charge in [0.25, 0.3) is 11.8 Å². The molecule has 2 aromatic rings. The zero-order valence-corrected chi connectivity index (χ0v) is 16.2. The second kappa shape index (κ2) is 8.69. The lowest BCUT2D eigenvalue weighted by molar-refractivity contribution is -0.117. The zero-order chi connectivity index (χ0) is 20.1. The summed E-state index contributed by atoms with van der Waals surface area (Å²) >= 11 is 0. The van der Waals surface area contributed by atoms with E-state index in [4.69, 9.17) is 0 Å². The van der Waals surface area contributed by atoms with Crippen LogP contribution in [-0.4, -0.2) is 30.8 Å². The van der Waals surface area contributed by atoms with Gasteiger partial charge in [-0.2, -0.15) is 0 Å². The standard InChI is InChI=1S/C22H25N3O3/c1-15(2)14-23-22(28)18-6-3-4-7-19(18)24-21(27)16-9-11-17(12-10-16)25-13-5-8-20(25)26/h3-4,6-7,9-12,15H,5,8,13-14H2,1-2H3,(H,23,28)(H,24,27). The van der Waals surface area contributed by atoms with Crippen molar-refractivity contribution in [2.75, 3.05) is 23.3 Å². The average molecular weight is 379 g/mol. The maximum absolute atomic E-state index is 12.6. The number of hydrogen-bond acceptors (Lipinski definition) is 3. The fraction of sp³-hybridized carbons (Fsp3) is 0.318.